The Kier molecular flexibility index (Phi) is 8.10. The molecule has 0 N–H and O–H groups in total. The lowest BCUT2D eigenvalue weighted by molar-refractivity contribution is 0.0735. The third kappa shape index (κ3) is 5.31. The molecule has 1 heterocycles. The number of carbonyl (C=O) groups excluding carboxylic acids is 1. The molecular weight excluding hydrogens is 481 g/mol. The van der Waals surface area contributed by atoms with Crippen LogP contribution in [-0.2, 0) is 13.1 Å². The van der Waals surface area contributed by atoms with E-state index in [1.54, 1.807) is 23.1 Å². The maximum absolute atomic E-state index is 13.9. The summed E-state index contributed by atoms with van der Waals surface area (Å²) in [4.78, 5) is 20.3. The average molecular weight is 510 g/mol. The normalized spacial score (nSPS) is 11.0. The molecule has 4 aromatic rings. The van der Waals surface area contributed by atoms with E-state index in [-0.39, 0.29) is 23.3 Å². The van der Waals surface area contributed by atoms with Gasteiger partial charge in [-0.15, -0.1) is 0 Å². The third-order valence-corrected chi connectivity index (χ3v) is 6.46. The first-order valence-corrected chi connectivity index (χ1v) is 12.2. The summed E-state index contributed by atoms with van der Waals surface area (Å²) >= 11 is 6.58. The van der Waals surface area contributed by atoms with E-state index in [1.807, 2.05) is 34.9 Å². The van der Waals surface area contributed by atoms with Crippen molar-refractivity contribution in [2.45, 2.75) is 32.9 Å². The number of fused-ring (bicyclic) bond motifs is 1. The number of rotatable bonds is 10. The first kappa shape index (κ1) is 25.5. The summed E-state index contributed by atoms with van der Waals surface area (Å²) in [5.41, 5.74) is 2.88. The zero-order chi connectivity index (χ0) is 25.7. The Morgan fingerprint density at radius 1 is 1.08 bits per heavy atom. The molecule has 0 saturated carbocycles. The average Bonchev–Trinajstić information content (AvgIpc) is 3.22. The second kappa shape index (κ2) is 11.4. The standard InChI is InChI=1S/C28H29ClFN3O3/c1-4-5-15-32(28(34)21-13-14-24(35-2)27(36-3)26(21)29)18-25-31-22-11-6-7-12-23(22)33(25)17-19-9-8-10-20(30)16-19/h6-14,16H,4-5,15,17-18H2,1-3H3. The monoisotopic (exact) mass is 509 g/mol. The first-order valence-electron chi connectivity index (χ1n) is 11.8. The van der Waals surface area contributed by atoms with Crippen molar-refractivity contribution in [3.8, 4) is 11.5 Å². The van der Waals surface area contributed by atoms with Crippen LogP contribution in [-0.4, -0.2) is 41.1 Å². The number of aromatic nitrogens is 2. The van der Waals surface area contributed by atoms with Crippen LogP contribution >= 0.6 is 11.6 Å². The van der Waals surface area contributed by atoms with Crippen LogP contribution in [0.15, 0.2) is 60.7 Å². The maximum Gasteiger partial charge on any atom is 0.255 e. The predicted molar refractivity (Wildman–Crippen MR) is 139 cm³/mol. The van der Waals surface area contributed by atoms with Crippen LogP contribution in [0, 0.1) is 5.82 Å². The smallest absolute Gasteiger partial charge is 0.255 e. The fourth-order valence-electron chi connectivity index (χ4n) is 4.24. The fraction of sp³-hybridized carbons (Fsp3) is 0.286. The van der Waals surface area contributed by atoms with E-state index < -0.39 is 0 Å². The van der Waals surface area contributed by atoms with E-state index >= 15 is 0 Å². The van der Waals surface area contributed by atoms with Gasteiger partial charge in [-0.2, -0.15) is 0 Å². The Morgan fingerprint density at radius 3 is 2.61 bits per heavy atom. The summed E-state index contributed by atoms with van der Waals surface area (Å²) in [6.07, 6.45) is 1.74. The Hall–Kier alpha value is -3.58. The molecule has 0 radical (unpaired) electrons. The van der Waals surface area contributed by atoms with E-state index in [9.17, 15) is 9.18 Å². The van der Waals surface area contributed by atoms with E-state index in [2.05, 4.69) is 6.92 Å². The predicted octanol–water partition coefficient (Wildman–Crippen LogP) is 6.34. The van der Waals surface area contributed by atoms with Crippen LogP contribution in [0.1, 0.15) is 41.5 Å². The maximum atomic E-state index is 13.9. The number of nitrogens with zero attached hydrogens (tertiary/aromatic N) is 3. The number of unbranched alkanes of at least 4 members (excludes halogenated alkanes) is 1. The first-order chi connectivity index (χ1) is 17.5. The van der Waals surface area contributed by atoms with Crippen LogP contribution < -0.4 is 9.47 Å². The van der Waals surface area contributed by atoms with Gasteiger partial charge in [0.15, 0.2) is 11.5 Å². The lowest BCUT2D eigenvalue weighted by Gasteiger charge is -2.24. The molecule has 188 valence electrons. The van der Waals surface area contributed by atoms with Crippen LogP contribution in [0.25, 0.3) is 11.0 Å². The minimum absolute atomic E-state index is 0.205. The third-order valence-electron chi connectivity index (χ3n) is 6.08. The molecule has 0 spiro atoms. The summed E-state index contributed by atoms with van der Waals surface area (Å²) in [6, 6.07) is 17.6. The number of halogens is 2. The van der Waals surface area contributed by atoms with Crippen molar-refractivity contribution in [2.24, 2.45) is 0 Å². The zero-order valence-electron chi connectivity index (χ0n) is 20.6. The molecule has 1 amide bonds. The van der Waals surface area contributed by atoms with Gasteiger partial charge in [0.1, 0.15) is 11.6 Å². The Balaban J connectivity index is 1.73. The van der Waals surface area contributed by atoms with Gasteiger partial charge in [-0.1, -0.05) is 49.2 Å². The van der Waals surface area contributed by atoms with Crippen molar-refractivity contribution >= 4 is 28.5 Å². The topological polar surface area (TPSA) is 56.6 Å². The van der Waals surface area contributed by atoms with Crippen molar-refractivity contribution < 1.29 is 18.7 Å². The summed E-state index contributed by atoms with van der Waals surface area (Å²) in [6.45, 7) is 3.31. The number of benzene rings is 3. The van der Waals surface area contributed by atoms with Crippen molar-refractivity contribution in [2.75, 3.05) is 20.8 Å². The van der Waals surface area contributed by atoms with Crippen molar-refractivity contribution in [3.05, 3.63) is 88.5 Å². The molecule has 0 saturated heterocycles. The number of carbonyl (C=O) groups is 1. The summed E-state index contributed by atoms with van der Waals surface area (Å²) in [7, 11) is 3.01. The molecule has 4 rings (SSSR count). The minimum Gasteiger partial charge on any atom is -0.493 e. The molecule has 3 aromatic carbocycles. The van der Waals surface area contributed by atoms with Gasteiger partial charge in [-0.3, -0.25) is 4.79 Å². The second-order valence-corrected chi connectivity index (χ2v) is 8.85. The zero-order valence-corrected chi connectivity index (χ0v) is 21.4. The van der Waals surface area contributed by atoms with E-state index in [1.165, 1.54) is 26.4 Å². The molecule has 0 aliphatic carbocycles. The molecule has 0 fully saturated rings. The van der Waals surface area contributed by atoms with Crippen LogP contribution in [0.3, 0.4) is 0 Å². The number of ether oxygens (including phenoxy) is 2. The SMILES string of the molecule is CCCCN(Cc1nc2ccccc2n1Cc1cccc(F)c1)C(=O)c1ccc(OC)c(OC)c1Cl. The summed E-state index contributed by atoms with van der Waals surface area (Å²) in [5.74, 6) is 0.969. The molecule has 36 heavy (non-hydrogen) atoms. The highest BCUT2D eigenvalue weighted by Crippen LogP contribution is 2.38. The molecule has 6 nitrogen and oxygen atoms in total. The Morgan fingerprint density at radius 2 is 1.89 bits per heavy atom. The lowest BCUT2D eigenvalue weighted by Crippen LogP contribution is -2.33. The van der Waals surface area contributed by atoms with Crippen molar-refractivity contribution in [1.82, 2.24) is 14.5 Å². The molecular formula is C28H29ClFN3O3. The quantitative estimate of drug-likeness (QED) is 0.250. The summed E-state index contributed by atoms with van der Waals surface area (Å²) < 4.78 is 26.6. The number of methoxy groups -OCH3 is 2. The number of hydrogen-bond acceptors (Lipinski definition) is 4. The van der Waals surface area contributed by atoms with Gasteiger partial charge in [-0.25, -0.2) is 9.37 Å². The van der Waals surface area contributed by atoms with E-state index in [0.29, 0.717) is 36.0 Å². The largest absolute Gasteiger partial charge is 0.493 e. The van der Waals surface area contributed by atoms with Crippen LogP contribution in [0.2, 0.25) is 5.02 Å². The van der Waals surface area contributed by atoms with Gasteiger partial charge in [-0.05, 0) is 48.4 Å². The fourth-order valence-corrected chi connectivity index (χ4v) is 4.55. The van der Waals surface area contributed by atoms with Crippen LogP contribution in [0.5, 0.6) is 11.5 Å². The molecule has 8 heteroatoms. The molecule has 1 aromatic heterocycles. The van der Waals surface area contributed by atoms with Gasteiger partial charge in [0.25, 0.3) is 5.91 Å². The number of imidazole rings is 1. The number of amides is 1. The van der Waals surface area contributed by atoms with E-state index in [4.69, 9.17) is 26.1 Å². The number of hydrogen-bond donors (Lipinski definition) is 0. The van der Waals surface area contributed by atoms with E-state index in [0.717, 1.165) is 29.4 Å². The highest BCUT2D eigenvalue weighted by molar-refractivity contribution is 6.35. The molecule has 0 aliphatic rings. The van der Waals surface area contributed by atoms with Gasteiger partial charge in [0, 0.05) is 13.1 Å². The summed E-state index contributed by atoms with van der Waals surface area (Å²) in [5, 5.41) is 0.205. The highest BCUT2D eigenvalue weighted by atomic mass is 35.5. The van der Waals surface area contributed by atoms with Gasteiger partial charge in [0.2, 0.25) is 0 Å². The Bertz CT molecular complexity index is 1370. The molecule has 0 unspecified atom stereocenters. The Labute approximate surface area is 215 Å². The molecule has 0 bridgehead atoms. The van der Waals surface area contributed by atoms with Gasteiger partial charge >= 0.3 is 0 Å². The molecule has 0 aliphatic heterocycles. The lowest BCUT2D eigenvalue weighted by atomic mass is 10.1. The highest BCUT2D eigenvalue weighted by Gasteiger charge is 2.24. The molecule has 0 atom stereocenters. The minimum atomic E-state index is -0.290. The van der Waals surface area contributed by atoms with Gasteiger partial charge in [0.05, 0.1) is 42.4 Å². The van der Waals surface area contributed by atoms with Crippen molar-refractivity contribution in [3.63, 3.8) is 0 Å². The second-order valence-electron chi connectivity index (χ2n) is 8.48. The van der Waals surface area contributed by atoms with Gasteiger partial charge < -0.3 is 18.9 Å². The number of para-hydroxylation sites is 2. The van der Waals surface area contributed by atoms with Crippen molar-refractivity contribution in [1.29, 1.82) is 0 Å². The van der Waals surface area contributed by atoms with Crippen LogP contribution in [0.4, 0.5) is 4.39 Å².